The SMILES string of the molecule is Cc1ncsc1COc1ccc2sc(C)c(C(=O)N[C@@H](CO)C(N)=O)c2c1. The zero-order valence-corrected chi connectivity index (χ0v) is 16.4. The number of amides is 2. The number of carbonyl (C=O) groups excluding carboxylic acids is 2. The number of aliphatic hydroxyl groups is 1. The number of aryl methyl sites for hydroxylation is 2. The molecular weight excluding hydrogens is 386 g/mol. The number of benzene rings is 1. The minimum absolute atomic E-state index is 0.404. The highest BCUT2D eigenvalue weighted by molar-refractivity contribution is 7.19. The largest absolute Gasteiger partial charge is 0.488 e. The van der Waals surface area contributed by atoms with E-state index in [0.717, 1.165) is 25.5 Å². The van der Waals surface area contributed by atoms with Gasteiger partial charge in [-0.3, -0.25) is 9.59 Å². The van der Waals surface area contributed by atoms with Crippen molar-refractivity contribution in [3.8, 4) is 5.75 Å². The first-order valence-corrected chi connectivity index (χ1v) is 9.86. The molecule has 0 aliphatic heterocycles. The maximum absolute atomic E-state index is 12.6. The summed E-state index contributed by atoms with van der Waals surface area (Å²) in [6.07, 6.45) is 0. The first-order valence-electron chi connectivity index (χ1n) is 8.16. The lowest BCUT2D eigenvalue weighted by molar-refractivity contribution is -0.120. The monoisotopic (exact) mass is 405 g/mol. The van der Waals surface area contributed by atoms with E-state index in [1.54, 1.807) is 5.51 Å². The van der Waals surface area contributed by atoms with Gasteiger partial charge < -0.3 is 20.9 Å². The predicted octanol–water partition coefficient (Wildman–Crippen LogP) is 2.13. The van der Waals surface area contributed by atoms with E-state index in [2.05, 4.69) is 10.3 Å². The Labute approximate surface area is 163 Å². The number of nitrogens with zero attached hydrogens (tertiary/aromatic N) is 1. The molecule has 7 nitrogen and oxygen atoms in total. The summed E-state index contributed by atoms with van der Waals surface area (Å²) in [5.41, 5.74) is 8.35. The van der Waals surface area contributed by atoms with E-state index in [1.165, 1.54) is 22.7 Å². The van der Waals surface area contributed by atoms with Gasteiger partial charge in [0.2, 0.25) is 5.91 Å². The van der Waals surface area contributed by atoms with Crippen molar-refractivity contribution in [2.24, 2.45) is 5.73 Å². The summed E-state index contributed by atoms with van der Waals surface area (Å²) in [7, 11) is 0. The summed E-state index contributed by atoms with van der Waals surface area (Å²) in [5.74, 6) is -0.602. The topological polar surface area (TPSA) is 115 Å². The first-order chi connectivity index (χ1) is 12.9. The second kappa shape index (κ2) is 8.03. The average molecular weight is 406 g/mol. The molecule has 0 aliphatic carbocycles. The Morgan fingerprint density at radius 3 is 2.78 bits per heavy atom. The molecule has 3 rings (SSSR count). The number of thiazole rings is 1. The quantitative estimate of drug-likeness (QED) is 0.557. The molecule has 1 atom stereocenters. The molecule has 142 valence electrons. The lowest BCUT2D eigenvalue weighted by Crippen LogP contribution is -2.46. The highest BCUT2D eigenvalue weighted by Crippen LogP contribution is 2.34. The molecule has 2 aromatic heterocycles. The number of primary amides is 1. The molecule has 0 saturated heterocycles. The van der Waals surface area contributed by atoms with Gasteiger partial charge in [-0.15, -0.1) is 22.7 Å². The van der Waals surface area contributed by atoms with Gasteiger partial charge in [0.15, 0.2) is 0 Å². The van der Waals surface area contributed by atoms with Crippen molar-refractivity contribution in [1.29, 1.82) is 0 Å². The zero-order chi connectivity index (χ0) is 19.6. The summed E-state index contributed by atoms with van der Waals surface area (Å²) in [4.78, 5) is 30.0. The number of nitrogens with two attached hydrogens (primary N) is 1. The minimum atomic E-state index is -1.12. The molecule has 4 N–H and O–H groups in total. The predicted molar refractivity (Wildman–Crippen MR) is 105 cm³/mol. The van der Waals surface area contributed by atoms with Crippen LogP contribution >= 0.6 is 22.7 Å². The molecule has 0 spiro atoms. The van der Waals surface area contributed by atoms with Crippen LogP contribution in [0.25, 0.3) is 10.1 Å². The van der Waals surface area contributed by atoms with E-state index >= 15 is 0 Å². The van der Waals surface area contributed by atoms with Gasteiger partial charge >= 0.3 is 0 Å². The van der Waals surface area contributed by atoms with Gasteiger partial charge in [-0.25, -0.2) is 4.98 Å². The molecule has 27 heavy (non-hydrogen) atoms. The Kier molecular flexibility index (Phi) is 5.73. The number of hydrogen-bond acceptors (Lipinski definition) is 7. The van der Waals surface area contributed by atoms with Gasteiger partial charge in [0.1, 0.15) is 18.4 Å². The van der Waals surface area contributed by atoms with Crippen molar-refractivity contribution in [1.82, 2.24) is 10.3 Å². The Balaban J connectivity index is 1.87. The molecule has 0 unspecified atom stereocenters. The third kappa shape index (κ3) is 4.10. The van der Waals surface area contributed by atoms with Crippen molar-refractivity contribution >= 4 is 44.6 Å². The third-order valence-corrected chi connectivity index (χ3v) is 6.10. The molecule has 3 aromatic rings. The van der Waals surface area contributed by atoms with Crippen molar-refractivity contribution < 1.29 is 19.4 Å². The minimum Gasteiger partial charge on any atom is -0.488 e. The van der Waals surface area contributed by atoms with Crippen LogP contribution < -0.4 is 15.8 Å². The third-order valence-electron chi connectivity index (χ3n) is 4.11. The number of rotatable bonds is 7. The van der Waals surface area contributed by atoms with Gasteiger partial charge in [0.05, 0.1) is 28.3 Å². The van der Waals surface area contributed by atoms with E-state index in [4.69, 9.17) is 10.5 Å². The first kappa shape index (κ1) is 19.3. The maximum atomic E-state index is 12.6. The smallest absolute Gasteiger partial charge is 0.253 e. The number of aliphatic hydroxyl groups excluding tert-OH is 1. The van der Waals surface area contributed by atoms with Crippen LogP contribution in [0.3, 0.4) is 0 Å². The van der Waals surface area contributed by atoms with Crippen molar-refractivity contribution in [2.75, 3.05) is 6.61 Å². The Hall–Kier alpha value is -2.49. The summed E-state index contributed by atoms with van der Waals surface area (Å²) in [6.45, 7) is 3.62. The second-order valence-electron chi connectivity index (χ2n) is 5.95. The summed E-state index contributed by atoms with van der Waals surface area (Å²) in [5, 5.41) is 12.4. The Bertz CT molecular complexity index is 996. The van der Waals surface area contributed by atoms with E-state index in [1.807, 2.05) is 32.0 Å². The Morgan fingerprint density at radius 1 is 1.37 bits per heavy atom. The normalized spacial score (nSPS) is 12.1. The van der Waals surface area contributed by atoms with Crippen LogP contribution in [0.4, 0.5) is 0 Å². The molecule has 0 saturated carbocycles. The van der Waals surface area contributed by atoms with Crippen molar-refractivity contribution in [3.63, 3.8) is 0 Å². The van der Waals surface area contributed by atoms with Gasteiger partial charge in [-0.2, -0.15) is 0 Å². The van der Waals surface area contributed by atoms with Crippen molar-refractivity contribution in [2.45, 2.75) is 26.5 Å². The van der Waals surface area contributed by atoms with Crippen LogP contribution in [0.2, 0.25) is 0 Å². The number of carbonyl (C=O) groups is 2. The van der Waals surface area contributed by atoms with Gasteiger partial charge in [-0.05, 0) is 32.0 Å². The van der Waals surface area contributed by atoms with Crippen LogP contribution in [-0.2, 0) is 11.4 Å². The molecule has 2 heterocycles. The van der Waals surface area contributed by atoms with Gasteiger partial charge in [-0.1, -0.05) is 0 Å². The molecule has 1 aromatic carbocycles. The van der Waals surface area contributed by atoms with Crippen LogP contribution in [0, 0.1) is 13.8 Å². The Morgan fingerprint density at radius 2 is 2.15 bits per heavy atom. The van der Waals surface area contributed by atoms with E-state index < -0.39 is 24.5 Å². The molecule has 0 aliphatic rings. The highest BCUT2D eigenvalue weighted by Gasteiger charge is 2.22. The van der Waals surface area contributed by atoms with Crippen LogP contribution in [0.1, 0.15) is 25.8 Å². The number of nitrogens with one attached hydrogen (secondary N) is 1. The lowest BCUT2D eigenvalue weighted by Gasteiger charge is -2.13. The fraction of sp³-hybridized carbons (Fsp3) is 0.278. The van der Waals surface area contributed by atoms with Crippen LogP contribution in [0.15, 0.2) is 23.7 Å². The summed E-state index contributed by atoms with van der Waals surface area (Å²) >= 11 is 3.01. The molecule has 0 radical (unpaired) electrons. The van der Waals surface area contributed by atoms with E-state index in [9.17, 15) is 14.7 Å². The molecule has 0 fully saturated rings. The van der Waals surface area contributed by atoms with Crippen LogP contribution in [-0.4, -0.2) is 34.6 Å². The maximum Gasteiger partial charge on any atom is 0.253 e. The number of hydrogen-bond donors (Lipinski definition) is 3. The summed E-state index contributed by atoms with van der Waals surface area (Å²) < 4.78 is 6.78. The number of ether oxygens (including phenoxy) is 1. The van der Waals surface area contributed by atoms with E-state index in [0.29, 0.717) is 17.9 Å². The fourth-order valence-electron chi connectivity index (χ4n) is 2.62. The van der Waals surface area contributed by atoms with E-state index in [-0.39, 0.29) is 0 Å². The lowest BCUT2D eigenvalue weighted by atomic mass is 10.1. The molecule has 2 amide bonds. The number of thiophene rings is 1. The fourth-order valence-corrected chi connectivity index (χ4v) is 4.35. The zero-order valence-electron chi connectivity index (χ0n) is 14.8. The standard InChI is InChI=1S/C18H19N3O4S2/c1-9-15(26-8-20-9)7-25-11-3-4-14-12(5-11)16(10(2)27-14)18(24)21-13(6-22)17(19)23/h3-5,8,13,22H,6-7H2,1-2H3,(H2,19,23)(H,21,24)/t13-/m0/s1. The summed E-state index contributed by atoms with van der Waals surface area (Å²) in [6, 6.07) is 4.44. The van der Waals surface area contributed by atoms with Gasteiger partial charge in [0, 0.05) is 15.0 Å². The van der Waals surface area contributed by atoms with Gasteiger partial charge in [0.25, 0.3) is 5.91 Å². The molecular formula is C18H19N3O4S2. The van der Waals surface area contributed by atoms with Crippen molar-refractivity contribution in [3.05, 3.63) is 44.7 Å². The second-order valence-corrected chi connectivity index (χ2v) is 8.15. The highest BCUT2D eigenvalue weighted by atomic mass is 32.1. The van der Waals surface area contributed by atoms with Crippen LogP contribution in [0.5, 0.6) is 5.75 Å². The molecule has 0 bridgehead atoms. The number of aromatic nitrogens is 1. The average Bonchev–Trinajstić information content (AvgIpc) is 3.18. The number of fused-ring (bicyclic) bond motifs is 1. The molecule has 9 heteroatoms.